The van der Waals surface area contributed by atoms with Crippen molar-refractivity contribution in [2.75, 3.05) is 6.54 Å². The number of aryl methyl sites for hydroxylation is 1. The molecule has 30 heavy (non-hydrogen) atoms. The van der Waals surface area contributed by atoms with Crippen LogP contribution in [-0.2, 0) is 13.1 Å². The molecule has 2 aromatic carbocycles. The molecule has 0 aliphatic carbocycles. The fourth-order valence-corrected chi connectivity index (χ4v) is 2.71. The molecule has 3 aromatic rings. The summed E-state index contributed by atoms with van der Waals surface area (Å²) in [7, 11) is 0. The van der Waals surface area contributed by atoms with Crippen LogP contribution in [0, 0.1) is 25.1 Å². The van der Waals surface area contributed by atoms with Gasteiger partial charge in [0, 0.05) is 25.4 Å². The minimum absolute atomic E-state index is 0.211. The Morgan fingerprint density at radius 3 is 2.43 bits per heavy atom. The third-order valence-electron chi connectivity index (χ3n) is 4.34. The Bertz CT molecular complexity index is 1010. The molecular weight excluding hydrogens is 381 g/mol. The molecule has 0 aliphatic rings. The number of nitrogens with one attached hydrogen (secondary N) is 1. The largest absolute Gasteiger partial charge is 0.439 e. The first kappa shape index (κ1) is 20.9. The fourth-order valence-electron chi connectivity index (χ4n) is 2.71. The first-order valence-corrected chi connectivity index (χ1v) is 9.43. The highest BCUT2D eigenvalue weighted by atomic mass is 19.1. The van der Waals surface area contributed by atoms with Crippen LogP contribution in [0.15, 0.2) is 66.9 Å². The zero-order chi connectivity index (χ0) is 21.3. The Kier molecular flexibility index (Phi) is 7.01. The number of nitrogens with zero attached hydrogens (tertiary/aromatic N) is 2. The lowest BCUT2D eigenvalue weighted by Crippen LogP contribution is -2.39. The van der Waals surface area contributed by atoms with Gasteiger partial charge in [0.25, 0.3) is 0 Å². The lowest BCUT2D eigenvalue weighted by Gasteiger charge is -2.21. The van der Waals surface area contributed by atoms with Gasteiger partial charge in [0.2, 0.25) is 5.88 Å². The van der Waals surface area contributed by atoms with Gasteiger partial charge in [-0.3, -0.25) is 0 Å². The van der Waals surface area contributed by atoms with E-state index in [2.05, 4.69) is 16.2 Å². The maximum absolute atomic E-state index is 13.0. The first-order valence-electron chi connectivity index (χ1n) is 9.43. The van der Waals surface area contributed by atoms with Gasteiger partial charge in [-0.25, -0.2) is 14.2 Å². The second kappa shape index (κ2) is 10.1. The van der Waals surface area contributed by atoms with E-state index in [1.165, 1.54) is 24.3 Å². The van der Waals surface area contributed by atoms with E-state index in [0.29, 0.717) is 24.7 Å². The number of carbonyl (C=O) groups is 1. The summed E-state index contributed by atoms with van der Waals surface area (Å²) in [6.07, 6.45) is 7.04. The number of carbonyl (C=O) groups excluding carboxylic acids is 1. The SMILES string of the molecule is C#CCN(Cc1ccc(C)cc1)C(=O)NCc1ccc(Oc2ccc(F)cc2)nc1. The average Bonchev–Trinajstić information content (AvgIpc) is 2.76. The van der Waals surface area contributed by atoms with Crippen LogP contribution >= 0.6 is 0 Å². The van der Waals surface area contributed by atoms with Crippen molar-refractivity contribution < 1.29 is 13.9 Å². The minimum Gasteiger partial charge on any atom is -0.439 e. The lowest BCUT2D eigenvalue weighted by molar-refractivity contribution is 0.201. The number of urea groups is 1. The number of aromatic nitrogens is 1. The molecule has 1 aromatic heterocycles. The molecular formula is C24H22FN3O2. The summed E-state index contributed by atoms with van der Waals surface area (Å²) in [6.45, 7) is 2.96. The van der Waals surface area contributed by atoms with Crippen LogP contribution in [0.4, 0.5) is 9.18 Å². The smallest absolute Gasteiger partial charge is 0.318 e. The monoisotopic (exact) mass is 403 g/mol. The second-order valence-electron chi connectivity index (χ2n) is 6.77. The van der Waals surface area contributed by atoms with Crippen molar-refractivity contribution in [3.63, 3.8) is 0 Å². The van der Waals surface area contributed by atoms with E-state index in [1.54, 1.807) is 23.2 Å². The van der Waals surface area contributed by atoms with E-state index in [-0.39, 0.29) is 18.4 Å². The molecule has 0 spiro atoms. The molecule has 0 bridgehead atoms. The van der Waals surface area contributed by atoms with Crippen LogP contribution in [0.2, 0.25) is 0 Å². The van der Waals surface area contributed by atoms with Gasteiger partial charge in [0.05, 0.1) is 6.54 Å². The molecule has 0 saturated carbocycles. The van der Waals surface area contributed by atoms with Crippen molar-refractivity contribution in [2.45, 2.75) is 20.0 Å². The Morgan fingerprint density at radius 1 is 1.10 bits per heavy atom. The fraction of sp³-hybridized carbons (Fsp3) is 0.167. The van der Waals surface area contributed by atoms with Gasteiger partial charge in [-0.05, 0) is 42.3 Å². The molecule has 2 amide bonds. The van der Waals surface area contributed by atoms with E-state index in [9.17, 15) is 9.18 Å². The van der Waals surface area contributed by atoms with Crippen LogP contribution in [0.25, 0.3) is 0 Å². The van der Waals surface area contributed by atoms with Crippen molar-refractivity contribution in [1.29, 1.82) is 0 Å². The minimum atomic E-state index is -0.331. The van der Waals surface area contributed by atoms with E-state index in [4.69, 9.17) is 11.2 Å². The van der Waals surface area contributed by atoms with E-state index in [0.717, 1.165) is 16.7 Å². The van der Waals surface area contributed by atoms with E-state index in [1.807, 2.05) is 31.2 Å². The molecule has 1 N–H and O–H groups in total. The highest BCUT2D eigenvalue weighted by Crippen LogP contribution is 2.19. The summed E-state index contributed by atoms with van der Waals surface area (Å²) >= 11 is 0. The molecule has 0 unspecified atom stereocenters. The number of hydrogen-bond acceptors (Lipinski definition) is 3. The van der Waals surface area contributed by atoms with Gasteiger partial charge >= 0.3 is 6.03 Å². The van der Waals surface area contributed by atoms with E-state index >= 15 is 0 Å². The molecule has 0 saturated heterocycles. The summed E-state index contributed by atoms with van der Waals surface area (Å²) in [6, 6.07) is 16.9. The van der Waals surface area contributed by atoms with Crippen molar-refractivity contribution in [3.05, 3.63) is 89.4 Å². The van der Waals surface area contributed by atoms with Crippen molar-refractivity contribution >= 4 is 6.03 Å². The van der Waals surface area contributed by atoms with Gasteiger partial charge in [0.1, 0.15) is 11.6 Å². The highest BCUT2D eigenvalue weighted by Gasteiger charge is 2.13. The Labute approximate surface area is 175 Å². The highest BCUT2D eigenvalue weighted by molar-refractivity contribution is 5.74. The number of ether oxygens (including phenoxy) is 1. The predicted molar refractivity (Wildman–Crippen MR) is 113 cm³/mol. The quantitative estimate of drug-likeness (QED) is 0.584. The predicted octanol–water partition coefficient (Wildman–Crippen LogP) is 4.67. The standard InChI is InChI=1S/C24H22FN3O2/c1-3-14-28(17-19-6-4-18(2)5-7-19)24(29)27-16-20-8-13-23(26-15-20)30-22-11-9-21(25)10-12-22/h1,4-13,15H,14,16-17H2,2H3,(H,27,29). The zero-order valence-electron chi connectivity index (χ0n) is 16.6. The van der Waals surface area contributed by atoms with Crippen LogP contribution in [0.1, 0.15) is 16.7 Å². The Morgan fingerprint density at radius 2 is 1.80 bits per heavy atom. The number of benzene rings is 2. The Balaban J connectivity index is 1.55. The van der Waals surface area contributed by atoms with Crippen molar-refractivity contribution in [3.8, 4) is 24.0 Å². The summed E-state index contributed by atoms with van der Waals surface area (Å²) in [5.41, 5.74) is 2.98. The molecule has 1 heterocycles. The van der Waals surface area contributed by atoms with Crippen molar-refractivity contribution in [2.24, 2.45) is 0 Å². The summed E-state index contributed by atoms with van der Waals surface area (Å²) in [5, 5.41) is 2.86. The third-order valence-corrected chi connectivity index (χ3v) is 4.34. The van der Waals surface area contributed by atoms with Gasteiger partial charge in [-0.15, -0.1) is 6.42 Å². The molecule has 0 atom stereocenters. The number of amides is 2. The first-order chi connectivity index (χ1) is 14.5. The third kappa shape index (κ3) is 6.08. The average molecular weight is 403 g/mol. The molecule has 0 fully saturated rings. The van der Waals surface area contributed by atoms with Crippen molar-refractivity contribution in [1.82, 2.24) is 15.2 Å². The number of halogens is 1. The lowest BCUT2D eigenvalue weighted by atomic mass is 10.1. The molecule has 0 radical (unpaired) electrons. The van der Waals surface area contributed by atoms with Gasteiger partial charge in [-0.2, -0.15) is 0 Å². The zero-order valence-corrected chi connectivity index (χ0v) is 16.6. The normalized spacial score (nSPS) is 10.2. The molecule has 3 rings (SSSR count). The molecule has 5 nitrogen and oxygen atoms in total. The molecule has 0 aliphatic heterocycles. The number of rotatable bonds is 7. The summed E-state index contributed by atoms with van der Waals surface area (Å²) < 4.78 is 18.5. The topological polar surface area (TPSA) is 54.5 Å². The maximum atomic E-state index is 13.0. The molecule has 6 heteroatoms. The number of pyridine rings is 1. The van der Waals surface area contributed by atoms with Crippen LogP contribution in [0.5, 0.6) is 11.6 Å². The van der Waals surface area contributed by atoms with Gasteiger partial charge in [-0.1, -0.05) is 41.8 Å². The summed E-state index contributed by atoms with van der Waals surface area (Å²) in [5.74, 6) is 3.07. The van der Waals surface area contributed by atoms with Gasteiger partial charge in [0.15, 0.2) is 0 Å². The second-order valence-corrected chi connectivity index (χ2v) is 6.77. The van der Waals surface area contributed by atoms with Gasteiger partial charge < -0.3 is 15.0 Å². The summed E-state index contributed by atoms with van der Waals surface area (Å²) in [4.78, 5) is 18.3. The van der Waals surface area contributed by atoms with E-state index < -0.39 is 0 Å². The number of terminal acetylenes is 1. The van der Waals surface area contributed by atoms with Crippen LogP contribution < -0.4 is 10.1 Å². The van der Waals surface area contributed by atoms with Crippen LogP contribution in [0.3, 0.4) is 0 Å². The van der Waals surface area contributed by atoms with Crippen LogP contribution in [-0.4, -0.2) is 22.5 Å². The number of hydrogen-bond donors (Lipinski definition) is 1. The molecule has 152 valence electrons. The Hall–Kier alpha value is -3.85. The maximum Gasteiger partial charge on any atom is 0.318 e.